The van der Waals surface area contributed by atoms with E-state index in [2.05, 4.69) is 86.7 Å². The zero-order chi connectivity index (χ0) is 14.2. The lowest BCUT2D eigenvalue weighted by Crippen LogP contribution is -1.88. The van der Waals surface area contributed by atoms with Gasteiger partial charge in [-0.25, -0.2) is 0 Å². The molecule has 0 unspecified atom stereocenters. The molecule has 0 spiro atoms. The third kappa shape index (κ3) is 3.71. The number of rotatable bonds is 5. The normalized spacial score (nSPS) is 12.5. The Kier molecular flexibility index (Phi) is 5.37. The summed E-state index contributed by atoms with van der Waals surface area (Å²) in [4.78, 5) is 0. The van der Waals surface area contributed by atoms with Gasteiger partial charge in [0.15, 0.2) is 0 Å². The van der Waals surface area contributed by atoms with Gasteiger partial charge in [-0.1, -0.05) is 72.8 Å². The van der Waals surface area contributed by atoms with Crippen LogP contribution in [0.1, 0.15) is 37.8 Å². The minimum Gasteiger partial charge on any atom is -0.0838 e. The van der Waals surface area contributed by atoms with Gasteiger partial charge in [-0.3, -0.25) is 0 Å². The summed E-state index contributed by atoms with van der Waals surface area (Å²) in [5.74, 6) is 0. The van der Waals surface area contributed by atoms with Crippen molar-refractivity contribution in [2.75, 3.05) is 0 Å². The van der Waals surface area contributed by atoms with Gasteiger partial charge in [-0.05, 0) is 49.0 Å². The van der Waals surface area contributed by atoms with Gasteiger partial charge >= 0.3 is 0 Å². The van der Waals surface area contributed by atoms with E-state index >= 15 is 0 Å². The maximum atomic E-state index is 2.23. The molecule has 0 saturated heterocycles. The minimum atomic E-state index is 1.08. The van der Waals surface area contributed by atoms with Crippen LogP contribution >= 0.6 is 0 Å². The summed E-state index contributed by atoms with van der Waals surface area (Å²) in [6.45, 7) is 4.25. The predicted octanol–water partition coefficient (Wildman–Crippen LogP) is 5.97. The van der Waals surface area contributed by atoms with Crippen molar-refractivity contribution >= 4 is 11.1 Å². The van der Waals surface area contributed by atoms with Crippen LogP contribution in [0.5, 0.6) is 0 Å². The summed E-state index contributed by atoms with van der Waals surface area (Å²) in [5.41, 5.74) is 5.50. The molecule has 0 saturated carbocycles. The van der Waals surface area contributed by atoms with Gasteiger partial charge in [0.2, 0.25) is 0 Å². The van der Waals surface area contributed by atoms with Crippen LogP contribution in [-0.4, -0.2) is 0 Å². The molecular formula is C20H22. The van der Waals surface area contributed by atoms with E-state index in [-0.39, 0.29) is 0 Å². The lowest BCUT2D eigenvalue weighted by Gasteiger charge is -2.10. The first-order valence-corrected chi connectivity index (χ1v) is 7.26. The molecule has 0 amide bonds. The Morgan fingerprint density at radius 2 is 1.00 bits per heavy atom. The molecule has 0 fully saturated rings. The average Bonchev–Trinajstić information content (AvgIpc) is 2.53. The molecule has 0 aromatic heterocycles. The van der Waals surface area contributed by atoms with E-state index in [0.29, 0.717) is 0 Å². The van der Waals surface area contributed by atoms with Gasteiger partial charge in [0, 0.05) is 0 Å². The predicted molar refractivity (Wildman–Crippen MR) is 89.4 cm³/mol. The number of hydrogen-bond donors (Lipinski definition) is 0. The molecule has 0 N–H and O–H groups in total. The van der Waals surface area contributed by atoms with E-state index in [1.54, 1.807) is 0 Å². The number of hydrogen-bond acceptors (Lipinski definition) is 0. The van der Waals surface area contributed by atoms with E-state index in [1.165, 1.54) is 22.3 Å². The summed E-state index contributed by atoms with van der Waals surface area (Å²) in [7, 11) is 0. The van der Waals surface area contributed by atoms with Gasteiger partial charge in [0.1, 0.15) is 0 Å². The van der Waals surface area contributed by atoms with E-state index < -0.39 is 0 Å². The lowest BCUT2D eigenvalue weighted by molar-refractivity contribution is 1.08. The number of allylic oxidation sites excluding steroid dienone is 4. The molecule has 0 heterocycles. The van der Waals surface area contributed by atoms with Gasteiger partial charge in [-0.2, -0.15) is 0 Å². The first-order chi connectivity index (χ1) is 9.85. The second-order valence-corrected chi connectivity index (χ2v) is 4.86. The first kappa shape index (κ1) is 14.3. The molecule has 0 atom stereocenters. The summed E-state index contributed by atoms with van der Waals surface area (Å²) in [5, 5.41) is 0. The van der Waals surface area contributed by atoms with E-state index in [1.807, 2.05) is 0 Å². The van der Waals surface area contributed by atoms with E-state index in [4.69, 9.17) is 0 Å². The van der Waals surface area contributed by atoms with Gasteiger partial charge in [0.25, 0.3) is 0 Å². The van der Waals surface area contributed by atoms with Gasteiger partial charge in [0.05, 0.1) is 0 Å². The zero-order valence-corrected chi connectivity index (χ0v) is 12.3. The maximum absolute atomic E-state index is 2.23. The fourth-order valence-corrected chi connectivity index (χ4v) is 2.48. The molecule has 2 rings (SSSR count). The zero-order valence-electron chi connectivity index (χ0n) is 12.3. The van der Waals surface area contributed by atoms with Gasteiger partial charge < -0.3 is 0 Å². The smallest absolute Gasteiger partial charge is 0.0228 e. The topological polar surface area (TPSA) is 0 Å². The molecular weight excluding hydrogens is 240 g/mol. The molecule has 102 valence electrons. The summed E-state index contributed by atoms with van der Waals surface area (Å²) in [6.07, 6.45) is 6.62. The Hall–Kier alpha value is -2.08. The Balaban J connectivity index is 2.07. The number of benzene rings is 2. The molecule has 0 heteroatoms. The van der Waals surface area contributed by atoms with Crippen LogP contribution in [0.3, 0.4) is 0 Å². The highest BCUT2D eigenvalue weighted by Crippen LogP contribution is 2.26. The van der Waals surface area contributed by atoms with Crippen molar-refractivity contribution in [2.45, 2.75) is 26.7 Å². The summed E-state index contributed by atoms with van der Waals surface area (Å²) in [6, 6.07) is 21.3. The van der Waals surface area contributed by atoms with Crippen LogP contribution in [0.15, 0.2) is 72.8 Å². The van der Waals surface area contributed by atoms with Crippen molar-refractivity contribution in [2.24, 2.45) is 0 Å². The Morgan fingerprint density at radius 1 is 0.650 bits per heavy atom. The monoisotopic (exact) mass is 262 g/mol. The van der Waals surface area contributed by atoms with Crippen LogP contribution < -0.4 is 0 Å². The fraction of sp³-hybridized carbons (Fsp3) is 0.200. The Bertz CT molecular complexity index is 518. The Labute approximate surface area is 122 Å². The van der Waals surface area contributed by atoms with Gasteiger partial charge in [-0.15, -0.1) is 0 Å². The van der Waals surface area contributed by atoms with Crippen molar-refractivity contribution in [3.63, 3.8) is 0 Å². The molecule has 20 heavy (non-hydrogen) atoms. The van der Waals surface area contributed by atoms with E-state index in [9.17, 15) is 0 Å². The molecule has 0 aliphatic heterocycles. The average molecular weight is 262 g/mol. The summed E-state index contributed by atoms with van der Waals surface area (Å²) >= 11 is 0. The van der Waals surface area contributed by atoms with Crippen LogP contribution in [-0.2, 0) is 0 Å². The highest BCUT2D eigenvalue weighted by Gasteiger charge is 2.04. The third-order valence-electron chi connectivity index (χ3n) is 3.65. The van der Waals surface area contributed by atoms with Crippen molar-refractivity contribution in [1.82, 2.24) is 0 Å². The quantitative estimate of drug-likeness (QED) is 0.622. The lowest BCUT2D eigenvalue weighted by atomic mass is 9.95. The summed E-state index contributed by atoms with van der Waals surface area (Å²) < 4.78 is 0. The second-order valence-electron chi connectivity index (χ2n) is 4.86. The van der Waals surface area contributed by atoms with Crippen LogP contribution in [0.2, 0.25) is 0 Å². The molecule has 0 aliphatic rings. The first-order valence-electron chi connectivity index (χ1n) is 7.26. The molecule has 0 bridgehead atoms. The van der Waals surface area contributed by atoms with Crippen LogP contribution in [0.4, 0.5) is 0 Å². The highest BCUT2D eigenvalue weighted by molar-refractivity contribution is 5.70. The SMILES string of the molecule is C/C=C(/CC/C(=C/C)c1ccccc1)c1ccccc1. The molecule has 2 aromatic rings. The molecule has 0 aliphatic carbocycles. The molecule has 2 aromatic carbocycles. The minimum absolute atomic E-state index is 1.08. The largest absolute Gasteiger partial charge is 0.0838 e. The third-order valence-corrected chi connectivity index (χ3v) is 3.65. The van der Waals surface area contributed by atoms with Crippen molar-refractivity contribution < 1.29 is 0 Å². The molecule has 0 radical (unpaired) electrons. The fourth-order valence-electron chi connectivity index (χ4n) is 2.48. The van der Waals surface area contributed by atoms with Crippen molar-refractivity contribution in [3.05, 3.63) is 83.9 Å². The van der Waals surface area contributed by atoms with Crippen LogP contribution in [0.25, 0.3) is 11.1 Å². The van der Waals surface area contributed by atoms with E-state index in [0.717, 1.165) is 12.8 Å². The van der Waals surface area contributed by atoms with Crippen molar-refractivity contribution in [3.8, 4) is 0 Å². The Morgan fingerprint density at radius 3 is 1.30 bits per heavy atom. The highest BCUT2D eigenvalue weighted by atomic mass is 14.1. The van der Waals surface area contributed by atoms with Crippen molar-refractivity contribution in [1.29, 1.82) is 0 Å². The second kappa shape index (κ2) is 7.49. The van der Waals surface area contributed by atoms with Crippen LogP contribution in [0, 0.1) is 0 Å². The maximum Gasteiger partial charge on any atom is -0.0228 e. The molecule has 0 nitrogen and oxygen atoms in total. The standard InChI is InChI=1S/C20H22/c1-3-17(19-11-7-5-8-12-19)15-16-18(4-2)20-13-9-6-10-14-20/h3-14H,15-16H2,1-2H3/b17-3-,18-4-.